The zero-order valence-corrected chi connectivity index (χ0v) is 14.7. The molecule has 3 aromatic rings. The maximum absolute atomic E-state index is 5.19. The zero-order valence-electron chi connectivity index (χ0n) is 14.7. The van der Waals surface area contributed by atoms with Crippen LogP contribution in [0, 0.1) is 0 Å². The van der Waals surface area contributed by atoms with Crippen molar-refractivity contribution in [1.29, 1.82) is 0 Å². The molecule has 0 aliphatic rings. The van der Waals surface area contributed by atoms with Crippen LogP contribution in [0.4, 0.5) is 5.69 Å². The number of rotatable bonds is 4. The predicted molar refractivity (Wildman–Crippen MR) is 101 cm³/mol. The molecule has 0 bridgehead atoms. The standard InChI is InChI=1S/C21H23N2O/c1-22(2)19-11-14-21-17(15-19)8-10-18(23(21)3)9-5-16-6-12-20(24-4)13-7-16/h5-15H,1-4H3/q+1. The van der Waals surface area contributed by atoms with Gasteiger partial charge in [-0.3, -0.25) is 0 Å². The number of aryl methyl sites for hydroxylation is 1. The summed E-state index contributed by atoms with van der Waals surface area (Å²) in [6.07, 6.45) is 4.26. The highest BCUT2D eigenvalue weighted by Crippen LogP contribution is 2.19. The molecule has 0 atom stereocenters. The number of benzene rings is 2. The molecule has 24 heavy (non-hydrogen) atoms. The molecule has 0 aliphatic heterocycles. The fraction of sp³-hybridized carbons (Fsp3) is 0.190. The number of pyridine rings is 1. The Kier molecular flexibility index (Phi) is 4.52. The SMILES string of the molecule is COc1ccc(C=Cc2ccc3cc(N(C)C)ccc3[n+]2C)cc1. The third kappa shape index (κ3) is 3.25. The van der Waals surface area contributed by atoms with Gasteiger partial charge in [-0.1, -0.05) is 12.1 Å². The van der Waals surface area contributed by atoms with E-state index >= 15 is 0 Å². The molecule has 122 valence electrons. The third-order valence-electron chi connectivity index (χ3n) is 4.27. The van der Waals surface area contributed by atoms with Crippen molar-refractivity contribution in [3.8, 4) is 5.75 Å². The first-order chi connectivity index (χ1) is 11.6. The second-order valence-corrected chi connectivity index (χ2v) is 6.06. The van der Waals surface area contributed by atoms with Gasteiger partial charge in [0.05, 0.1) is 7.11 Å². The van der Waals surface area contributed by atoms with Gasteiger partial charge in [0.15, 0.2) is 0 Å². The third-order valence-corrected chi connectivity index (χ3v) is 4.27. The number of methoxy groups -OCH3 is 1. The monoisotopic (exact) mass is 319 g/mol. The molecule has 0 saturated carbocycles. The van der Waals surface area contributed by atoms with Gasteiger partial charge in [0.1, 0.15) is 12.8 Å². The van der Waals surface area contributed by atoms with Crippen molar-refractivity contribution in [3.63, 3.8) is 0 Å². The largest absolute Gasteiger partial charge is 0.497 e. The van der Waals surface area contributed by atoms with E-state index in [9.17, 15) is 0 Å². The van der Waals surface area contributed by atoms with Crippen LogP contribution in [0.15, 0.2) is 54.6 Å². The molecule has 0 spiro atoms. The summed E-state index contributed by atoms with van der Waals surface area (Å²) >= 11 is 0. The van der Waals surface area contributed by atoms with E-state index in [1.165, 1.54) is 16.6 Å². The number of nitrogens with zero attached hydrogens (tertiary/aromatic N) is 2. The van der Waals surface area contributed by atoms with Gasteiger partial charge in [-0.05, 0) is 42.0 Å². The van der Waals surface area contributed by atoms with Crippen LogP contribution in [0.1, 0.15) is 11.3 Å². The molecule has 0 N–H and O–H groups in total. The number of ether oxygens (including phenoxy) is 1. The Morgan fingerprint density at radius 2 is 1.67 bits per heavy atom. The predicted octanol–water partition coefficient (Wildman–Crippen LogP) is 3.91. The van der Waals surface area contributed by atoms with Crippen molar-refractivity contribution in [1.82, 2.24) is 0 Å². The Labute approximate surface area is 143 Å². The molecule has 3 nitrogen and oxygen atoms in total. The van der Waals surface area contributed by atoms with Crippen LogP contribution in [0.5, 0.6) is 5.75 Å². The summed E-state index contributed by atoms with van der Waals surface area (Å²) in [6, 6.07) is 18.9. The lowest BCUT2D eigenvalue weighted by Crippen LogP contribution is -2.32. The molecular formula is C21H23N2O+. The average molecular weight is 319 g/mol. The second-order valence-electron chi connectivity index (χ2n) is 6.06. The minimum absolute atomic E-state index is 0.875. The quantitative estimate of drug-likeness (QED) is 0.678. The molecule has 0 aliphatic carbocycles. The van der Waals surface area contributed by atoms with Crippen molar-refractivity contribution < 1.29 is 9.30 Å². The molecule has 0 amide bonds. The Balaban J connectivity index is 1.93. The first-order valence-corrected chi connectivity index (χ1v) is 8.01. The average Bonchev–Trinajstić information content (AvgIpc) is 2.61. The van der Waals surface area contributed by atoms with E-state index in [1.54, 1.807) is 7.11 Å². The van der Waals surface area contributed by atoms with E-state index < -0.39 is 0 Å². The zero-order chi connectivity index (χ0) is 17.1. The molecule has 0 radical (unpaired) electrons. The molecule has 0 saturated heterocycles. The van der Waals surface area contributed by atoms with Gasteiger partial charge >= 0.3 is 0 Å². The summed E-state index contributed by atoms with van der Waals surface area (Å²) in [5, 5.41) is 1.24. The maximum Gasteiger partial charge on any atom is 0.212 e. The molecule has 3 rings (SSSR count). The van der Waals surface area contributed by atoms with E-state index in [-0.39, 0.29) is 0 Å². The first-order valence-electron chi connectivity index (χ1n) is 8.01. The lowest BCUT2D eigenvalue weighted by atomic mass is 10.1. The Bertz CT molecular complexity index is 880. The second kappa shape index (κ2) is 6.75. The molecule has 1 heterocycles. The van der Waals surface area contributed by atoms with Gasteiger partial charge in [-0.2, -0.15) is 4.57 Å². The number of fused-ring (bicyclic) bond motifs is 1. The van der Waals surface area contributed by atoms with Crippen LogP contribution in [-0.2, 0) is 7.05 Å². The van der Waals surface area contributed by atoms with Gasteiger partial charge in [-0.25, -0.2) is 0 Å². The summed E-state index contributed by atoms with van der Waals surface area (Å²) in [5.41, 5.74) is 4.75. The fourth-order valence-electron chi connectivity index (χ4n) is 2.75. The van der Waals surface area contributed by atoms with Gasteiger partial charge in [0.25, 0.3) is 0 Å². The van der Waals surface area contributed by atoms with Crippen molar-refractivity contribution in [2.45, 2.75) is 0 Å². The summed E-state index contributed by atoms with van der Waals surface area (Å²) in [5.74, 6) is 0.875. The molecule has 2 aromatic carbocycles. The van der Waals surface area contributed by atoms with E-state index in [4.69, 9.17) is 4.74 Å². The van der Waals surface area contributed by atoms with Crippen molar-refractivity contribution in [2.75, 3.05) is 26.1 Å². The highest BCUT2D eigenvalue weighted by molar-refractivity contribution is 5.81. The number of hydrogen-bond donors (Lipinski definition) is 0. The summed E-state index contributed by atoms with van der Waals surface area (Å²) in [6.45, 7) is 0. The topological polar surface area (TPSA) is 16.4 Å². The normalized spacial score (nSPS) is 11.2. The first kappa shape index (κ1) is 16.1. The summed E-state index contributed by atoms with van der Waals surface area (Å²) in [7, 11) is 7.91. The van der Waals surface area contributed by atoms with Gasteiger partial charge in [0.2, 0.25) is 11.2 Å². The highest BCUT2D eigenvalue weighted by Gasteiger charge is 2.10. The van der Waals surface area contributed by atoms with Crippen LogP contribution in [-0.4, -0.2) is 21.2 Å². The van der Waals surface area contributed by atoms with Crippen LogP contribution in [0.25, 0.3) is 23.1 Å². The van der Waals surface area contributed by atoms with Crippen LogP contribution in [0.3, 0.4) is 0 Å². The van der Waals surface area contributed by atoms with E-state index in [0.29, 0.717) is 0 Å². The Hall–Kier alpha value is -2.81. The number of anilines is 1. The number of aromatic nitrogens is 1. The minimum Gasteiger partial charge on any atom is -0.497 e. The van der Waals surface area contributed by atoms with Crippen molar-refractivity contribution >= 4 is 28.7 Å². The van der Waals surface area contributed by atoms with E-state index in [1.807, 2.05) is 12.1 Å². The molecule has 0 fully saturated rings. The van der Waals surface area contributed by atoms with Gasteiger partial charge < -0.3 is 9.64 Å². The van der Waals surface area contributed by atoms with E-state index in [0.717, 1.165) is 17.0 Å². The molecule has 0 unspecified atom stereocenters. The van der Waals surface area contributed by atoms with Crippen LogP contribution >= 0.6 is 0 Å². The Morgan fingerprint density at radius 3 is 2.33 bits per heavy atom. The van der Waals surface area contributed by atoms with Gasteiger partial charge in [0, 0.05) is 43.4 Å². The number of hydrogen-bond acceptors (Lipinski definition) is 2. The molecular weight excluding hydrogens is 296 g/mol. The van der Waals surface area contributed by atoms with Crippen molar-refractivity contribution in [3.05, 3.63) is 65.9 Å². The summed E-state index contributed by atoms with van der Waals surface area (Å²) in [4.78, 5) is 2.12. The Morgan fingerprint density at radius 1 is 0.917 bits per heavy atom. The van der Waals surface area contributed by atoms with Crippen molar-refractivity contribution in [2.24, 2.45) is 7.05 Å². The maximum atomic E-state index is 5.19. The van der Waals surface area contributed by atoms with Crippen LogP contribution in [0.2, 0.25) is 0 Å². The fourth-order valence-corrected chi connectivity index (χ4v) is 2.75. The minimum atomic E-state index is 0.875. The van der Waals surface area contributed by atoms with E-state index in [2.05, 4.69) is 85.2 Å². The smallest absolute Gasteiger partial charge is 0.212 e. The summed E-state index contributed by atoms with van der Waals surface area (Å²) < 4.78 is 7.41. The highest BCUT2D eigenvalue weighted by atomic mass is 16.5. The lowest BCUT2D eigenvalue weighted by molar-refractivity contribution is -0.646. The lowest BCUT2D eigenvalue weighted by Gasteiger charge is -2.12. The van der Waals surface area contributed by atoms with Gasteiger partial charge in [-0.15, -0.1) is 0 Å². The molecule has 1 aromatic heterocycles. The molecule has 3 heteroatoms. The van der Waals surface area contributed by atoms with Crippen LogP contribution < -0.4 is 14.2 Å².